The summed E-state index contributed by atoms with van der Waals surface area (Å²) in [6, 6.07) is 10.1. The lowest BCUT2D eigenvalue weighted by molar-refractivity contribution is 0.478. The molecule has 6 heteroatoms. The number of rotatable bonds is 6. The van der Waals surface area contributed by atoms with Crippen molar-refractivity contribution in [1.82, 2.24) is 10.2 Å². The van der Waals surface area contributed by atoms with Gasteiger partial charge in [0, 0.05) is 32.9 Å². The second-order valence-corrected chi connectivity index (χ2v) is 7.02. The predicted octanol–water partition coefficient (Wildman–Crippen LogP) is 1.13. The molecule has 0 aliphatic heterocycles. The van der Waals surface area contributed by atoms with Gasteiger partial charge in [-0.3, -0.25) is 4.99 Å². The summed E-state index contributed by atoms with van der Waals surface area (Å²) < 4.78 is 22.9. The molecular weight excluding hydrogens is 274 g/mol. The van der Waals surface area contributed by atoms with Gasteiger partial charge in [0.15, 0.2) is 15.8 Å². The van der Waals surface area contributed by atoms with E-state index in [1.807, 2.05) is 42.3 Å². The number of nitrogens with one attached hydrogen (secondary N) is 1. The average molecular weight is 297 g/mol. The summed E-state index contributed by atoms with van der Waals surface area (Å²) >= 11 is 0. The Morgan fingerprint density at radius 2 is 1.95 bits per heavy atom. The minimum absolute atomic E-state index is 0.127. The van der Waals surface area contributed by atoms with Crippen molar-refractivity contribution in [3.63, 3.8) is 0 Å². The summed E-state index contributed by atoms with van der Waals surface area (Å²) in [4.78, 5) is 6.13. The van der Waals surface area contributed by atoms with Gasteiger partial charge in [-0.15, -0.1) is 0 Å². The smallest absolute Gasteiger partial charge is 0.193 e. The zero-order chi connectivity index (χ0) is 15.0. The molecule has 5 nitrogen and oxygen atoms in total. The van der Waals surface area contributed by atoms with Gasteiger partial charge < -0.3 is 10.2 Å². The van der Waals surface area contributed by atoms with Gasteiger partial charge in [-0.1, -0.05) is 37.3 Å². The largest absolute Gasteiger partial charge is 0.355 e. The fourth-order valence-corrected chi connectivity index (χ4v) is 2.48. The maximum absolute atomic E-state index is 11.4. The lowest BCUT2D eigenvalue weighted by atomic mass is 10.2. The van der Waals surface area contributed by atoms with Crippen LogP contribution >= 0.6 is 0 Å². The van der Waals surface area contributed by atoms with Crippen molar-refractivity contribution in [2.75, 3.05) is 32.1 Å². The van der Waals surface area contributed by atoms with Gasteiger partial charge in [-0.2, -0.15) is 0 Å². The SMILES string of the molecule is CCS(=O)(=O)CCNC(=NC)N(C)Cc1ccccc1. The third-order valence-electron chi connectivity index (χ3n) is 2.97. The van der Waals surface area contributed by atoms with Gasteiger partial charge >= 0.3 is 0 Å². The molecule has 1 rings (SSSR count). The van der Waals surface area contributed by atoms with Crippen LogP contribution < -0.4 is 5.32 Å². The molecule has 0 amide bonds. The van der Waals surface area contributed by atoms with Crippen LogP contribution in [0.1, 0.15) is 12.5 Å². The Hall–Kier alpha value is -1.56. The lowest BCUT2D eigenvalue weighted by Crippen LogP contribution is -2.40. The number of sulfone groups is 1. The Kier molecular flexibility index (Phi) is 6.51. The van der Waals surface area contributed by atoms with Crippen LogP contribution in [-0.2, 0) is 16.4 Å². The van der Waals surface area contributed by atoms with Crippen molar-refractivity contribution in [3.8, 4) is 0 Å². The van der Waals surface area contributed by atoms with Crippen molar-refractivity contribution in [2.45, 2.75) is 13.5 Å². The second kappa shape index (κ2) is 7.89. The molecule has 1 aromatic carbocycles. The summed E-state index contributed by atoms with van der Waals surface area (Å²) in [7, 11) is 0.676. The third kappa shape index (κ3) is 5.61. The number of hydrogen-bond donors (Lipinski definition) is 1. The molecule has 0 aromatic heterocycles. The van der Waals surface area contributed by atoms with Crippen molar-refractivity contribution in [1.29, 1.82) is 0 Å². The first kappa shape index (κ1) is 16.5. The fraction of sp³-hybridized carbons (Fsp3) is 0.500. The predicted molar refractivity (Wildman–Crippen MR) is 83.6 cm³/mol. The lowest BCUT2D eigenvalue weighted by Gasteiger charge is -2.22. The summed E-state index contributed by atoms with van der Waals surface area (Å²) in [6.07, 6.45) is 0. The first-order chi connectivity index (χ1) is 9.48. The minimum atomic E-state index is -2.94. The van der Waals surface area contributed by atoms with Gasteiger partial charge in [0.2, 0.25) is 0 Å². The van der Waals surface area contributed by atoms with E-state index in [0.717, 1.165) is 6.54 Å². The molecule has 0 aliphatic rings. The van der Waals surface area contributed by atoms with E-state index in [4.69, 9.17) is 0 Å². The molecule has 0 bridgehead atoms. The van der Waals surface area contributed by atoms with Crippen molar-refractivity contribution in [3.05, 3.63) is 35.9 Å². The molecule has 1 N–H and O–H groups in total. The molecule has 0 spiro atoms. The first-order valence-corrected chi connectivity index (χ1v) is 8.46. The molecule has 0 fully saturated rings. The van der Waals surface area contributed by atoms with Crippen LogP contribution in [0.4, 0.5) is 0 Å². The van der Waals surface area contributed by atoms with E-state index in [9.17, 15) is 8.42 Å². The Morgan fingerprint density at radius 1 is 1.30 bits per heavy atom. The molecule has 1 aromatic rings. The van der Waals surface area contributed by atoms with Crippen molar-refractivity contribution in [2.24, 2.45) is 4.99 Å². The quantitative estimate of drug-likeness (QED) is 0.631. The van der Waals surface area contributed by atoms with E-state index in [-0.39, 0.29) is 11.5 Å². The molecule has 0 saturated heterocycles. The Bertz CT molecular complexity index is 527. The Labute approximate surface area is 121 Å². The van der Waals surface area contributed by atoms with E-state index in [1.165, 1.54) is 5.56 Å². The molecule has 0 heterocycles. The van der Waals surface area contributed by atoms with Gasteiger partial charge in [0.25, 0.3) is 0 Å². The monoisotopic (exact) mass is 297 g/mol. The highest BCUT2D eigenvalue weighted by molar-refractivity contribution is 7.91. The maximum Gasteiger partial charge on any atom is 0.193 e. The number of aliphatic imine (C=N–C) groups is 1. The maximum atomic E-state index is 11.4. The van der Waals surface area contributed by atoms with E-state index >= 15 is 0 Å². The first-order valence-electron chi connectivity index (χ1n) is 6.64. The fourth-order valence-electron chi connectivity index (χ4n) is 1.78. The Morgan fingerprint density at radius 3 is 2.50 bits per heavy atom. The molecule has 0 saturated carbocycles. The normalized spacial score (nSPS) is 12.2. The Balaban J connectivity index is 2.50. The van der Waals surface area contributed by atoms with E-state index < -0.39 is 9.84 Å². The molecule has 20 heavy (non-hydrogen) atoms. The summed E-state index contributed by atoms with van der Waals surface area (Å²) in [6.45, 7) is 2.76. The van der Waals surface area contributed by atoms with Crippen LogP contribution in [0.15, 0.2) is 35.3 Å². The van der Waals surface area contributed by atoms with E-state index in [2.05, 4.69) is 10.3 Å². The number of hydrogen-bond acceptors (Lipinski definition) is 3. The van der Waals surface area contributed by atoms with Crippen LogP contribution in [0, 0.1) is 0 Å². The number of guanidine groups is 1. The van der Waals surface area contributed by atoms with Crippen LogP contribution in [0.2, 0.25) is 0 Å². The zero-order valence-electron chi connectivity index (χ0n) is 12.3. The van der Waals surface area contributed by atoms with E-state index in [0.29, 0.717) is 12.5 Å². The third-order valence-corrected chi connectivity index (χ3v) is 4.68. The molecule has 0 aliphatic carbocycles. The van der Waals surface area contributed by atoms with Crippen LogP contribution in [0.25, 0.3) is 0 Å². The highest BCUT2D eigenvalue weighted by atomic mass is 32.2. The van der Waals surface area contributed by atoms with Crippen molar-refractivity contribution < 1.29 is 8.42 Å². The van der Waals surface area contributed by atoms with Crippen LogP contribution in [0.3, 0.4) is 0 Å². The average Bonchev–Trinajstić information content (AvgIpc) is 2.44. The van der Waals surface area contributed by atoms with Gasteiger partial charge in [-0.25, -0.2) is 8.42 Å². The summed E-state index contributed by atoms with van der Waals surface area (Å²) in [5.41, 5.74) is 1.18. The highest BCUT2D eigenvalue weighted by Crippen LogP contribution is 2.02. The topological polar surface area (TPSA) is 61.8 Å². The molecule has 0 atom stereocenters. The molecule has 0 unspecified atom stereocenters. The minimum Gasteiger partial charge on any atom is -0.355 e. The molecule has 112 valence electrons. The number of benzene rings is 1. The van der Waals surface area contributed by atoms with E-state index in [1.54, 1.807) is 14.0 Å². The second-order valence-electron chi connectivity index (χ2n) is 4.55. The summed E-state index contributed by atoms with van der Waals surface area (Å²) in [5, 5.41) is 3.08. The van der Waals surface area contributed by atoms with Crippen LogP contribution in [0.5, 0.6) is 0 Å². The van der Waals surface area contributed by atoms with Gasteiger partial charge in [0.05, 0.1) is 5.75 Å². The molecular formula is C14H23N3O2S. The van der Waals surface area contributed by atoms with Gasteiger partial charge in [0.1, 0.15) is 0 Å². The highest BCUT2D eigenvalue weighted by Gasteiger charge is 2.10. The van der Waals surface area contributed by atoms with Crippen LogP contribution in [-0.4, -0.2) is 51.4 Å². The van der Waals surface area contributed by atoms with Crippen molar-refractivity contribution >= 4 is 15.8 Å². The number of nitrogens with zero attached hydrogens (tertiary/aromatic N) is 2. The zero-order valence-corrected chi connectivity index (χ0v) is 13.2. The van der Waals surface area contributed by atoms with Gasteiger partial charge in [-0.05, 0) is 5.56 Å². The molecule has 0 radical (unpaired) electrons. The standard InChI is InChI=1S/C14H23N3O2S/c1-4-20(18,19)11-10-16-14(15-2)17(3)12-13-8-6-5-7-9-13/h5-9H,4,10-12H2,1-3H3,(H,15,16). The summed E-state index contributed by atoms with van der Waals surface area (Å²) in [5.74, 6) is 0.995.